The fraction of sp³-hybridized carbons (Fsp3) is 0.557. The Balaban J connectivity index is 4.60. The van der Waals surface area contributed by atoms with Crippen molar-refractivity contribution in [3.05, 3.63) is 146 Å². The van der Waals surface area contributed by atoms with Crippen LogP contribution < -0.4 is 0 Å². The average Bonchev–Trinajstić information content (AvgIpc) is 3.33. The molecular formula is C61H94O6. The van der Waals surface area contributed by atoms with Crippen molar-refractivity contribution in [2.75, 3.05) is 13.2 Å². The molecule has 67 heavy (non-hydrogen) atoms. The minimum atomic E-state index is -0.836. The van der Waals surface area contributed by atoms with E-state index in [0.29, 0.717) is 19.3 Å². The van der Waals surface area contributed by atoms with Crippen LogP contribution in [0.2, 0.25) is 0 Å². The van der Waals surface area contributed by atoms with Gasteiger partial charge in [0.15, 0.2) is 6.10 Å². The number of allylic oxidation sites excluding steroid dienone is 24. The second-order valence-electron chi connectivity index (χ2n) is 16.7. The Morgan fingerprint density at radius 2 is 0.582 bits per heavy atom. The fourth-order valence-corrected chi connectivity index (χ4v) is 6.40. The van der Waals surface area contributed by atoms with Gasteiger partial charge in [0.05, 0.1) is 0 Å². The van der Waals surface area contributed by atoms with Crippen LogP contribution in [0.25, 0.3) is 0 Å². The molecule has 0 aliphatic carbocycles. The molecule has 6 heteroatoms. The molecule has 374 valence electrons. The quantitative estimate of drug-likeness (QED) is 0.0262. The summed E-state index contributed by atoms with van der Waals surface area (Å²) in [5.74, 6) is -1.05. The second kappa shape index (κ2) is 53.9. The van der Waals surface area contributed by atoms with E-state index in [-0.39, 0.29) is 44.0 Å². The molecule has 0 aromatic rings. The number of carbonyl (C=O) groups is 3. The van der Waals surface area contributed by atoms with Gasteiger partial charge in [0.1, 0.15) is 13.2 Å². The molecule has 0 rings (SSSR count). The third kappa shape index (κ3) is 52.1. The van der Waals surface area contributed by atoms with Gasteiger partial charge in [-0.1, -0.05) is 186 Å². The van der Waals surface area contributed by atoms with E-state index in [9.17, 15) is 14.4 Å². The minimum absolute atomic E-state index is 0.131. The minimum Gasteiger partial charge on any atom is -0.462 e. The van der Waals surface area contributed by atoms with Gasteiger partial charge in [-0.25, -0.2) is 0 Å². The summed E-state index contributed by atoms with van der Waals surface area (Å²) in [5, 5.41) is 0. The van der Waals surface area contributed by atoms with Crippen LogP contribution in [0, 0.1) is 0 Å². The van der Waals surface area contributed by atoms with E-state index in [2.05, 4.69) is 167 Å². The van der Waals surface area contributed by atoms with Crippen LogP contribution in [0.3, 0.4) is 0 Å². The molecule has 0 N–H and O–H groups in total. The van der Waals surface area contributed by atoms with Crippen molar-refractivity contribution < 1.29 is 28.6 Å². The van der Waals surface area contributed by atoms with Gasteiger partial charge in [-0.05, 0) is 141 Å². The van der Waals surface area contributed by atoms with Gasteiger partial charge >= 0.3 is 17.9 Å². The van der Waals surface area contributed by atoms with E-state index < -0.39 is 6.10 Å². The number of unbranched alkanes of at least 4 members (excludes halogenated alkanes) is 10. The van der Waals surface area contributed by atoms with Gasteiger partial charge in [0.25, 0.3) is 0 Å². The largest absolute Gasteiger partial charge is 0.462 e. The zero-order valence-corrected chi connectivity index (χ0v) is 42.6. The number of hydrogen-bond acceptors (Lipinski definition) is 6. The molecule has 0 aliphatic rings. The maximum Gasteiger partial charge on any atom is 0.306 e. The topological polar surface area (TPSA) is 78.9 Å². The highest BCUT2D eigenvalue weighted by atomic mass is 16.6. The molecule has 0 aliphatic heterocycles. The molecule has 6 nitrogen and oxygen atoms in total. The zero-order chi connectivity index (χ0) is 48.6. The highest BCUT2D eigenvalue weighted by Gasteiger charge is 2.19. The van der Waals surface area contributed by atoms with E-state index in [1.807, 2.05) is 0 Å². The van der Waals surface area contributed by atoms with Gasteiger partial charge in [-0.3, -0.25) is 14.4 Å². The van der Waals surface area contributed by atoms with Crippen LogP contribution >= 0.6 is 0 Å². The summed E-state index contributed by atoms with van der Waals surface area (Å²) in [6.45, 7) is 6.26. The van der Waals surface area contributed by atoms with Crippen LogP contribution in [-0.4, -0.2) is 37.2 Å². The number of carbonyl (C=O) groups excluding carboxylic acids is 3. The highest BCUT2D eigenvalue weighted by Crippen LogP contribution is 2.10. The summed E-state index contributed by atoms with van der Waals surface area (Å²) < 4.78 is 16.7. The summed E-state index contributed by atoms with van der Waals surface area (Å²) >= 11 is 0. The van der Waals surface area contributed by atoms with Crippen molar-refractivity contribution in [2.24, 2.45) is 0 Å². The van der Waals surface area contributed by atoms with Crippen molar-refractivity contribution in [2.45, 2.75) is 207 Å². The van der Waals surface area contributed by atoms with Crippen molar-refractivity contribution in [3.63, 3.8) is 0 Å². The van der Waals surface area contributed by atoms with E-state index in [0.717, 1.165) is 122 Å². The predicted octanol–water partition coefficient (Wildman–Crippen LogP) is 17.6. The van der Waals surface area contributed by atoms with E-state index in [4.69, 9.17) is 14.2 Å². The average molecular weight is 923 g/mol. The standard InChI is InChI=1S/C61H94O6/c1-4-7-10-13-16-19-22-25-28-29-30-31-34-36-39-42-45-48-51-54-60(63)66-57-58(67-61(64)55-52-49-46-43-40-37-33-27-24-21-18-15-12-9-6-3)56-65-59(62)53-50-47-44-41-38-35-32-26-23-20-17-14-11-8-5-2/h7,9-10,12,16-21,25-28,30-33,36,38-41,43,58H,4-6,8,11,13-15,22-24,29,34-35,37,42,44-57H2,1-3H3/b10-7-,12-9-,19-16-,20-17-,21-18-,28-25-,31-30-,32-26-,33-27-,39-36-,41-38-,43-40-/t58-/m1/s1. The van der Waals surface area contributed by atoms with Gasteiger partial charge < -0.3 is 14.2 Å². The molecule has 0 spiro atoms. The van der Waals surface area contributed by atoms with Gasteiger partial charge in [-0.15, -0.1) is 0 Å². The number of esters is 3. The first-order valence-corrected chi connectivity index (χ1v) is 26.3. The molecule has 0 unspecified atom stereocenters. The maximum atomic E-state index is 12.8. The zero-order valence-electron chi connectivity index (χ0n) is 42.6. The fourth-order valence-electron chi connectivity index (χ4n) is 6.40. The lowest BCUT2D eigenvalue weighted by Gasteiger charge is -2.18. The first-order chi connectivity index (χ1) is 33.0. The third-order valence-corrected chi connectivity index (χ3v) is 10.3. The third-order valence-electron chi connectivity index (χ3n) is 10.3. The lowest BCUT2D eigenvalue weighted by molar-refractivity contribution is -0.167. The van der Waals surface area contributed by atoms with Crippen molar-refractivity contribution in [1.29, 1.82) is 0 Å². The molecule has 0 radical (unpaired) electrons. The van der Waals surface area contributed by atoms with Crippen LogP contribution in [0.15, 0.2) is 146 Å². The molecule has 0 amide bonds. The molecule has 0 aromatic carbocycles. The van der Waals surface area contributed by atoms with E-state index >= 15 is 0 Å². The lowest BCUT2D eigenvalue weighted by atomic mass is 10.1. The van der Waals surface area contributed by atoms with Gasteiger partial charge in [0.2, 0.25) is 0 Å². The Labute approximate surface area is 410 Å². The van der Waals surface area contributed by atoms with E-state index in [1.54, 1.807) is 0 Å². The Morgan fingerprint density at radius 3 is 0.910 bits per heavy atom. The summed E-state index contributed by atoms with van der Waals surface area (Å²) in [6.07, 6.45) is 76.9. The summed E-state index contributed by atoms with van der Waals surface area (Å²) in [7, 11) is 0. The Morgan fingerprint density at radius 1 is 0.313 bits per heavy atom. The normalized spacial score (nSPS) is 13.3. The predicted molar refractivity (Wildman–Crippen MR) is 288 cm³/mol. The lowest BCUT2D eigenvalue weighted by Crippen LogP contribution is -2.30. The summed E-state index contributed by atoms with van der Waals surface area (Å²) in [5.41, 5.74) is 0. The number of rotatable bonds is 45. The highest BCUT2D eigenvalue weighted by molar-refractivity contribution is 5.71. The molecule has 0 saturated carbocycles. The molecule has 1 atom stereocenters. The monoisotopic (exact) mass is 923 g/mol. The molecular weight excluding hydrogens is 829 g/mol. The Hall–Kier alpha value is -4.71. The van der Waals surface area contributed by atoms with Gasteiger partial charge in [0, 0.05) is 19.3 Å². The number of hydrogen-bond donors (Lipinski definition) is 0. The maximum absolute atomic E-state index is 12.8. The molecule has 0 bridgehead atoms. The number of ether oxygens (including phenoxy) is 3. The SMILES string of the molecule is CC/C=C\C/C=C\C/C=C\C/C=C\C/C=C\CCCCCC(=O)OC[C@@H](COC(=O)CCCC/C=C\C/C=C\C/C=C\CCCCC)OC(=O)CCCC/C=C\C/C=C\C/C=C\C/C=C\CC. The summed E-state index contributed by atoms with van der Waals surface area (Å²) in [6, 6.07) is 0. The van der Waals surface area contributed by atoms with Crippen LogP contribution in [-0.2, 0) is 28.6 Å². The van der Waals surface area contributed by atoms with Crippen molar-refractivity contribution >= 4 is 17.9 Å². The molecule has 0 aromatic heterocycles. The van der Waals surface area contributed by atoms with Crippen molar-refractivity contribution in [3.8, 4) is 0 Å². The van der Waals surface area contributed by atoms with Gasteiger partial charge in [-0.2, -0.15) is 0 Å². The Kier molecular flexibility index (Phi) is 50.1. The second-order valence-corrected chi connectivity index (χ2v) is 16.7. The molecule has 0 fully saturated rings. The first-order valence-electron chi connectivity index (χ1n) is 26.3. The van der Waals surface area contributed by atoms with Crippen LogP contribution in [0.1, 0.15) is 201 Å². The van der Waals surface area contributed by atoms with E-state index in [1.165, 1.54) is 25.7 Å². The molecule has 0 saturated heterocycles. The van der Waals surface area contributed by atoms with Crippen molar-refractivity contribution in [1.82, 2.24) is 0 Å². The smallest absolute Gasteiger partial charge is 0.306 e. The van der Waals surface area contributed by atoms with Crippen LogP contribution in [0.4, 0.5) is 0 Å². The van der Waals surface area contributed by atoms with Crippen LogP contribution in [0.5, 0.6) is 0 Å². The molecule has 0 heterocycles. The first kappa shape index (κ1) is 62.3. The summed E-state index contributed by atoms with van der Waals surface area (Å²) in [4.78, 5) is 38.0. The Bertz CT molecular complexity index is 1530.